The first-order valence-corrected chi connectivity index (χ1v) is 8.42. The Hall–Kier alpha value is -1.79. The van der Waals surface area contributed by atoms with Crippen molar-refractivity contribution in [1.82, 2.24) is 0 Å². The molecule has 0 heterocycles. The molecule has 2 rings (SSSR count). The molecular weight excluding hydrogens is 310 g/mol. The van der Waals surface area contributed by atoms with Gasteiger partial charge in [-0.25, -0.2) is 17.2 Å². The fourth-order valence-electron chi connectivity index (χ4n) is 2.16. The van der Waals surface area contributed by atoms with Crippen LogP contribution in [0.3, 0.4) is 0 Å². The number of hydrogen-bond acceptors (Lipinski definition) is 3. The van der Waals surface area contributed by atoms with Gasteiger partial charge >= 0.3 is 0 Å². The third-order valence-electron chi connectivity index (χ3n) is 3.51. The Morgan fingerprint density at radius 2 is 1.73 bits per heavy atom. The molecule has 0 spiro atoms. The van der Waals surface area contributed by atoms with Crippen LogP contribution in [0.5, 0.6) is 0 Å². The summed E-state index contributed by atoms with van der Waals surface area (Å²) in [6.45, 7) is 1.50. The van der Waals surface area contributed by atoms with E-state index in [0.29, 0.717) is 5.56 Å². The average molecular weight is 326 g/mol. The summed E-state index contributed by atoms with van der Waals surface area (Å²) < 4.78 is 51.4. The Morgan fingerprint density at radius 1 is 1.09 bits per heavy atom. The number of halogens is 2. The zero-order valence-electron chi connectivity index (χ0n) is 11.9. The van der Waals surface area contributed by atoms with Crippen LogP contribution in [0.4, 0.5) is 8.78 Å². The van der Waals surface area contributed by atoms with Crippen LogP contribution in [0, 0.1) is 11.6 Å². The van der Waals surface area contributed by atoms with Crippen LogP contribution in [-0.2, 0) is 9.84 Å². The van der Waals surface area contributed by atoms with E-state index in [1.807, 2.05) is 0 Å². The fraction of sp³-hybridized carbons (Fsp3) is 0.250. The predicted octanol–water partition coefficient (Wildman–Crippen LogP) is 3.17. The number of hydrogen-bond donors (Lipinski definition) is 1. The zero-order valence-corrected chi connectivity index (χ0v) is 12.7. The zero-order chi connectivity index (χ0) is 16.3. The second-order valence-electron chi connectivity index (χ2n) is 5.06. The molecule has 0 saturated carbocycles. The quantitative estimate of drug-likeness (QED) is 0.918. The minimum Gasteiger partial charge on any atom is -0.387 e. The summed E-state index contributed by atoms with van der Waals surface area (Å²) in [6, 6.07) is 11.1. The van der Waals surface area contributed by atoms with Gasteiger partial charge in [0, 0.05) is 5.56 Å². The van der Waals surface area contributed by atoms with E-state index in [4.69, 9.17) is 0 Å². The van der Waals surface area contributed by atoms with Crippen molar-refractivity contribution in [1.29, 1.82) is 0 Å². The molecule has 2 aromatic rings. The van der Waals surface area contributed by atoms with Crippen LogP contribution < -0.4 is 0 Å². The van der Waals surface area contributed by atoms with Gasteiger partial charge in [0.05, 0.1) is 17.1 Å². The molecule has 2 atom stereocenters. The van der Waals surface area contributed by atoms with Gasteiger partial charge < -0.3 is 5.11 Å². The highest BCUT2D eigenvalue weighted by Crippen LogP contribution is 2.27. The highest BCUT2D eigenvalue weighted by atomic mass is 32.2. The first-order valence-electron chi connectivity index (χ1n) is 6.71. The van der Waals surface area contributed by atoms with E-state index in [1.54, 1.807) is 30.3 Å². The maximum atomic E-state index is 13.6. The number of aliphatic hydroxyl groups is 1. The maximum Gasteiger partial charge on any atom is 0.159 e. The molecule has 3 nitrogen and oxygen atoms in total. The highest BCUT2D eigenvalue weighted by Gasteiger charge is 2.27. The Bertz CT molecular complexity index is 745. The Balaban J connectivity index is 2.23. The fourth-order valence-corrected chi connectivity index (χ4v) is 3.64. The van der Waals surface area contributed by atoms with Crippen LogP contribution in [0.1, 0.15) is 29.4 Å². The molecule has 2 unspecified atom stereocenters. The lowest BCUT2D eigenvalue weighted by Crippen LogP contribution is -2.20. The van der Waals surface area contributed by atoms with Gasteiger partial charge in [-0.05, 0) is 30.7 Å². The molecule has 0 saturated heterocycles. The summed E-state index contributed by atoms with van der Waals surface area (Å²) in [5.74, 6) is -2.25. The van der Waals surface area contributed by atoms with Crippen LogP contribution in [0.25, 0.3) is 0 Å². The SMILES string of the molecule is CC(c1ccccc1)S(=O)(=O)CC(O)c1cc(F)ccc1F. The van der Waals surface area contributed by atoms with Gasteiger partial charge in [-0.1, -0.05) is 30.3 Å². The minimum atomic E-state index is -3.73. The summed E-state index contributed by atoms with van der Waals surface area (Å²) >= 11 is 0. The molecule has 6 heteroatoms. The lowest BCUT2D eigenvalue weighted by atomic mass is 10.1. The van der Waals surface area contributed by atoms with Crippen LogP contribution >= 0.6 is 0 Å². The van der Waals surface area contributed by atoms with E-state index in [1.165, 1.54) is 6.92 Å². The maximum absolute atomic E-state index is 13.6. The second kappa shape index (κ2) is 6.54. The van der Waals surface area contributed by atoms with Crippen molar-refractivity contribution in [2.75, 3.05) is 5.75 Å². The average Bonchev–Trinajstić information content (AvgIpc) is 2.49. The topological polar surface area (TPSA) is 54.4 Å². The lowest BCUT2D eigenvalue weighted by molar-refractivity contribution is 0.195. The standard InChI is InChI=1S/C16H16F2O3S/c1-11(12-5-3-2-4-6-12)22(20,21)10-16(19)14-9-13(17)7-8-15(14)18/h2-9,11,16,19H,10H2,1H3. The molecule has 0 aliphatic heterocycles. The molecule has 2 aromatic carbocycles. The largest absolute Gasteiger partial charge is 0.387 e. The summed E-state index contributed by atoms with van der Waals surface area (Å²) in [5, 5.41) is 9.12. The number of aliphatic hydroxyl groups excluding tert-OH is 1. The minimum absolute atomic E-state index is 0.358. The van der Waals surface area contributed by atoms with Crippen molar-refractivity contribution in [3.8, 4) is 0 Å². The first kappa shape index (κ1) is 16.6. The highest BCUT2D eigenvalue weighted by molar-refractivity contribution is 7.91. The Morgan fingerprint density at radius 3 is 2.36 bits per heavy atom. The molecule has 118 valence electrons. The van der Waals surface area contributed by atoms with E-state index < -0.39 is 38.6 Å². The molecule has 0 bridgehead atoms. The van der Waals surface area contributed by atoms with Crippen molar-refractivity contribution >= 4 is 9.84 Å². The van der Waals surface area contributed by atoms with Gasteiger partial charge in [0.2, 0.25) is 0 Å². The summed E-state index contributed by atoms with van der Waals surface area (Å²) in [6.07, 6.45) is -1.62. The number of sulfone groups is 1. The van der Waals surface area contributed by atoms with E-state index >= 15 is 0 Å². The van der Waals surface area contributed by atoms with Gasteiger partial charge in [0.25, 0.3) is 0 Å². The predicted molar refractivity (Wildman–Crippen MR) is 80.0 cm³/mol. The molecule has 1 N–H and O–H groups in total. The van der Waals surface area contributed by atoms with Crippen molar-refractivity contribution < 1.29 is 22.3 Å². The Kier molecular flexibility index (Phi) is 4.93. The third kappa shape index (κ3) is 3.69. The van der Waals surface area contributed by atoms with E-state index in [2.05, 4.69) is 0 Å². The molecule has 0 amide bonds. The van der Waals surface area contributed by atoms with Gasteiger partial charge in [-0.2, -0.15) is 0 Å². The molecule has 0 radical (unpaired) electrons. The molecule has 0 aliphatic rings. The van der Waals surface area contributed by atoms with Crippen molar-refractivity contribution in [2.45, 2.75) is 18.3 Å². The molecular formula is C16H16F2O3S. The van der Waals surface area contributed by atoms with E-state index in [0.717, 1.165) is 18.2 Å². The van der Waals surface area contributed by atoms with Crippen molar-refractivity contribution in [3.63, 3.8) is 0 Å². The third-order valence-corrected chi connectivity index (χ3v) is 5.64. The molecule has 0 fully saturated rings. The summed E-state index contributed by atoms with van der Waals surface area (Å²) in [5.41, 5.74) is 0.221. The number of benzene rings is 2. The van der Waals surface area contributed by atoms with Gasteiger partial charge in [0.1, 0.15) is 11.6 Å². The van der Waals surface area contributed by atoms with Crippen LogP contribution in [0.2, 0.25) is 0 Å². The molecule has 0 aliphatic carbocycles. The van der Waals surface area contributed by atoms with Gasteiger partial charge in [0.15, 0.2) is 9.84 Å². The van der Waals surface area contributed by atoms with Crippen molar-refractivity contribution in [2.24, 2.45) is 0 Å². The lowest BCUT2D eigenvalue weighted by Gasteiger charge is -2.17. The second-order valence-corrected chi connectivity index (χ2v) is 7.43. The van der Waals surface area contributed by atoms with Crippen LogP contribution in [-0.4, -0.2) is 19.3 Å². The van der Waals surface area contributed by atoms with Crippen molar-refractivity contribution in [3.05, 3.63) is 71.3 Å². The number of rotatable bonds is 5. The molecule has 0 aromatic heterocycles. The summed E-state index contributed by atoms with van der Waals surface area (Å²) in [4.78, 5) is 0. The normalized spacial score (nSPS) is 14.5. The first-order chi connectivity index (χ1) is 10.3. The monoisotopic (exact) mass is 326 g/mol. The smallest absolute Gasteiger partial charge is 0.159 e. The van der Waals surface area contributed by atoms with E-state index in [-0.39, 0.29) is 5.56 Å². The molecule has 22 heavy (non-hydrogen) atoms. The van der Waals surface area contributed by atoms with Gasteiger partial charge in [-0.15, -0.1) is 0 Å². The van der Waals surface area contributed by atoms with Crippen LogP contribution in [0.15, 0.2) is 48.5 Å². The Labute approximate surface area is 128 Å². The summed E-state index contributed by atoms with van der Waals surface area (Å²) in [7, 11) is -3.73. The van der Waals surface area contributed by atoms with E-state index in [9.17, 15) is 22.3 Å². The van der Waals surface area contributed by atoms with Gasteiger partial charge in [-0.3, -0.25) is 0 Å².